The van der Waals surface area contributed by atoms with E-state index in [9.17, 15) is 4.79 Å². The standard InChI is InChI=1S/C19H23NO3/c1-13-8-9-18(14(2)10-13)23-15(3)19(21)20-17-7-5-6-16(11-17)12-22-4/h5-11,15H,12H2,1-4H3,(H,20,21). The van der Waals surface area contributed by atoms with E-state index < -0.39 is 6.10 Å². The van der Waals surface area contributed by atoms with Crippen molar-refractivity contribution in [2.75, 3.05) is 12.4 Å². The van der Waals surface area contributed by atoms with Crippen LogP contribution in [0.4, 0.5) is 5.69 Å². The molecule has 0 aliphatic carbocycles. The van der Waals surface area contributed by atoms with Gasteiger partial charge < -0.3 is 14.8 Å². The molecule has 2 aromatic rings. The first-order valence-corrected chi connectivity index (χ1v) is 7.62. The second-order valence-electron chi connectivity index (χ2n) is 5.65. The van der Waals surface area contributed by atoms with E-state index in [4.69, 9.17) is 9.47 Å². The average molecular weight is 313 g/mol. The smallest absolute Gasteiger partial charge is 0.265 e. The molecule has 2 aromatic carbocycles. The number of hydrogen-bond acceptors (Lipinski definition) is 3. The largest absolute Gasteiger partial charge is 0.481 e. The van der Waals surface area contributed by atoms with Crippen LogP contribution in [0.2, 0.25) is 0 Å². The van der Waals surface area contributed by atoms with E-state index in [2.05, 4.69) is 5.32 Å². The van der Waals surface area contributed by atoms with Crippen molar-refractivity contribution in [2.24, 2.45) is 0 Å². The van der Waals surface area contributed by atoms with Gasteiger partial charge in [0, 0.05) is 12.8 Å². The normalized spacial score (nSPS) is 11.8. The van der Waals surface area contributed by atoms with E-state index in [0.29, 0.717) is 6.61 Å². The summed E-state index contributed by atoms with van der Waals surface area (Å²) in [6.07, 6.45) is -0.581. The highest BCUT2D eigenvalue weighted by molar-refractivity contribution is 5.94. The van der Waals surface area contributed by atoms with Gasteiger partial charge in [0.1, 0.15) is 5.75 Å². The molecule has 0 bridgehead atoms. The number of hydrogen-bond donors (Lipinski definition) is 1. The monoisotopic (exact) mass is 313 g/mol. The minimum Gasteiger partial charge on any atom is -0.481 e. The zero-order valence-corrected chi connectivity index (χ0v) is 14.1. The van der Waals surface area contributed by atoms with Gasteiger partial charge in [-0.15, -0.1) is 0 Å². The Balaban J connectivity index is 2.01. The molecule has 0 fully saturated rings. The van der Waals surface area contributed by atoms with Gasteiger partial charge in [0.05, 0.1) is 6.61 Å². The third-order valence-electron chi connectivity index (χ3n) is 3.51. The van der Waals surface area contributed by atoms with Crippen molar-refractivity contribution < 1.29 is 14.3 Å². The van der Waals surface area contributed by atoms with Crippen molar-refractivity contribution in [3.05, 3.63) is 59.2 Å². The molecular weight excluding hydrogens is 290 g/mol. The van der Waals surface area contributed by atoms with Crippen LogP contribution in [-0.4, -0.2) is 19.1 Å². The molecule has 1 atom stereocenters. The highest BCUT2D eigenvalue weighted by Gasteiger charge is 2.16. The summed E-state index contributed by atoms with van der Waals surface area (Å²) in [5.74, 6) is 0.547. The third-order valence-corrected chi connectivity index (χ3v) is 3.51. The summed E-state index contributed by atoms with van der Waals surface area (Å²) in [6, 6.07) is 13.5. The van der Waals surface area contributed by atoms with Gasteiger partial charge >= 0.3 is 0 Å². The fourth-order valence-electron chi connectivity index (χ4n) is 2.32. The molecule has 2 rings (SSSR count). The van der Waals surface area contributed by atoms with E-state index >= 15 is 0 Å². The van der Waals surface area contributed by atoms with Crippen LogP contribution in [0.25, 0.3) is 0 Å². The molecule has 0 saturated heterocycles. The number of methoxy groups -OCH3 is 1. The molecule has 0 spiro atoms. The zero-order chi connectivity index (χ0) is 16.8. The highest BCUT2D eigenvalue weighted by Crippen LogP contribution is 2.20. The van der Waals surface area contributed by atoms with Gasteiger partial charge in [0.25, 0.3) is 5.91 Å². The number of ether oxygens (including phenoxy) is 2. The highest BCUT2D eigenvalue weighted by atomic mass is 16.5. The molecule has 0 radical (unpaired) electrons. The van der Waals surface area contributed by atoms with Gasteiger partial charge in [-0.25, -0.2) is 0 Å². The Morgan fingerprint density at radius 1 is 1.17 bits per heavy atom. The summed E-state index contributed by atoms with van der Waals surface area (Å²) in [4.78, 5) is 12.3. The van der Waals surface area contributed by atoms with Crippen molar-refractivity contribution in [2.45, 2.75) is 33.5 Å². The lowest BCUT2D eigenvalue weighted by Crippen LogP contribution is -2.30. The fraction of sp³-hybridized carbons (Fsp3) is 0.316. The number of anilines is 1. The lowest BCUT2D eigenvalue weighted by atomic mass is 10.1. The van der Waals surface area contributed by atoms with E-state index in [-0.39, 0.29) is 5.91 Å². The van der Waals surface area contributed by atoms with Crippen LogP contribution in [0.15, 0.2) is 42.5 Å². The summed E-state index contributed by atoms with van der Waals surface area (Å²) < 4.78 is 10.9. The van der Waals surface area contributed by atoms with Gasteiger partial charge in [0.2, 0.25) is 0 Å². The van der Waals surface area contributed by atoms with E-state index in [1.807, 2.05) is 56.3 Å². The first-order valence-electron chi connectivity index (χ1n) is 7.62. The van der Waals surface area contributed by atoms with Crippen LogP contribution in [0.5, 0.6) is 5.75 Å². The molecule has 1 N–H and O–H groups in total. The number of nitrogens with one attached hydrogen (secondary N) is 1. The van der Waals surface area contributed by atoms with Crippen molar-refractivity contribution in [1.29, 1.82) is 0 Å². The first kappa shape index (κ1) is 17.0. The molecule has 4 heteroatoms. The number of carbonyl (C=O) groups is 1. The topological polar surface area (TPSA) is 47.6 Å². The number of rotatable bonds is 6. The number of carbonyl (C=O) groups excluding carboxylic acids is 1. The summed E-state index contributed by atoms with van der Waals surface area (Å²) in [7, 11) is 1.64. The second-order valence-corrected chi connectivity index (χ2v) is 5.65. The van der Waals surface area contributed by atoms with Crippen LogP contribution in [0.3, 0.4) is 0 Å². The van der Waals surface area contributed by atoms with Crippen LogP contribution >= 0.6 is 0 Å². The Kier molecular flexibility index (Phi) is 5.77. The molecule has 0 heterocycles. The van der Waals surface area contributed by atoms with Gasteiger partial charge in [0.15, 0.2) is 6.10 Å². The Bertz CT molecular complexity index is 682. The number of benzene rings is 2. The molecule has 0 aliphatic rings. The second kappa shape index (κ2) is 7.79. The molecule has 0 aromatic heterocycles. The predicted octanol–water partition coefficient (Wildman–Crippen LogP) is 3.86. The molecule has 0 saturated carbocycles. The molecule has 1 unspecified atom stereocenters. The number of amides is 1. The van der Waals surface area contributed by atoms with Crippen LogP contribution < -0.4 is 10.1 Å². The summed E-state index contributed by atoms with van der Waals surface area (Å²) in [5.41, 5.74) is 3.93. The Morgan fingerprint density at radius 3 is 2.65 bits per heavy atom. The molecule has 23 heavy (non-hydrogen) atoms. The van der Waals surface area contributed by atoms with Crippen molar-refractivity contribution >= 4 is 11.6 Å². The van der Waals surface area contributed by atoms with Gasteiger partial charge in [-0.2, -0.15) is 0 Å². The lowest BCUT2D eigenvalue weighted by Gasteiger charge is -2.17. The minimum absolute atomic E-state index is 0.181. The van der Waals surface area contributed by atoms with Gasteiger partial charge in [-0.1, -0.05) is 29.8 Å². The molecule has 122 valence electrons. The maximum atomic E-state index is 12.3. The molecular formula is C19H23NO3. The Labute approximate surface area is 137 Å². The average Bonchev–Trinajstić information content (AvgIpc) is 2.50. The predicted molar refractivity (Wildman–Crippen MR) is 91.8 cm³/mol. The number of aryl methyl sites for hydroxylation is 2. The molecule has 1 amide bonds. The zero-order valence-electron chi connectivity index (χ0n) is 14.1. The maximum absolute atomic E-state index is 12.3. The van der Waals surface area contributed by atoms with Gasteiger partial charge in [-0.3, -0.25) is 4.79 Å². The van der Waals surface area contributed by atoms with Crippen LogP contribution in [0, 0.1) is 13.8 Å². The van der Waals surface area contributed by atoms with Crippen LogP contribution in [-0.2, 0) is 16.1 Å². The summed E-state index contributed by atoms with van der Waals surface area (Å²) in [6.45, 7) is 6.26. The van der Waals surface area contributed by atoms with E-state index in [1.165, 1.54) is 5.56 Å². The van der Waals surface area contributed by atoms with E-state index in [1.54, 1.807) is 14.0 Å². The minimum atomic E-state index is -0.581. The fourth-order valence-corrected chi connectivity index (χ4v) is 2.32. The first-order chi connectivity index (χ1) is 11.0. The third kappa shape index (κ3) is 4.83. The van der Waals surface area contributed by atoms with Crippen LogP contribution in [0.1, 0.15) is 23.6 Å². The van der Waals surface area contributed by atoms with Gasteiger partial charge in [-0.05, 0) is 50.1 Å². The quantitative estimate of drug-likeness (QED) is 0.881. The Morgan fingerprint density at radius 2 is 1.96 bits per heavy atom. The maximum Gasteiger partial charge on any atom is 0.265 e. The van der Waals surface area contributed by atoms with E-state index in [0.717, 1.165) is 22.6 Å². The van der Waals surface area contributed by atoms with Crippen molar-refractivity contribution in [3.63, 3.8) is 0 Å². The van der Waals surface area contributed by atoms with Crippen molar-refractivity contribution in [1.82, 2.24) is 0 Å². The molecule has 0 aliphatic heterocycles. The summed E-state index contributed by atoms with van der Waals surface area (Å²) >= 11 is 0. The molecule has 4 nitrogen and oxygen atoms in total. The lowest BCUT2D eigenvalue weighted by molar-refractivity contribution is -0.122. The van der Waals surface area contributed by atoms with Crippen molar-refractivity contribution in [3.8, 4) is 5.75 Å². The SMILES string of the molecule is COCc1cccc(NC(=O)C(C)Oc2ccc(C)cc2C)c1. The Hall–Kier alpha value is -2.33. The summed E-state index contributed by atoms with van der Waals surface area (Å²) in [5, 5.41) is 2.87.